The first kappa shape index (κ1) is 14.7. The van der Waals surface area contributed by atoms with E-state index in [9.17, 15) is 4.79 Å². The summed E-state index contributed by atoms with van der Waals surface area (Å²) in [7, 11) is 3.64. The van der Waals surface area contributed by atoms with Crippen molar-refractivity contribution < 1.29 is 14.3 Å². The second-order valence-electron chi connectivity index (χ2n) is 4.58. The van der Waals surface area contributed by atoms with Crippen LogP contribution in [0.3, 0.4) is 0 Å². The third-order valence-electron chi connectivity index (χ3n) is 2.72. The normalized spacial score (nSPS) is 10.9. The highest BCUT2D eigenvalue weighted by Gasteiger charge is 2.13. The van der Waals surface area contributed by atoms with Crippen LogP contribution >= 0.6 is 0 Å². The van der Waals surface area contributed by atoms with Crippen molar-refractivity contribution in [2.75, 3.05) is 33.8 Å². The Balaban J connectivity index is 2.36. The molecular weight excluding hydrogens is 232 g/mol. The van der Waals surface area contributed by atoms with Gasteiger partial charge in [-0.15, -0.1) is 0 Å². The standard InChI is InChI=1S/C13H22N2O3/c1-11-5-6-12(18-11)9-15(3)13(17)10-14(2)7-4-8-16/h5-6,16H,4,7-10H2,1-3H3. The van der Waals surface area contributed by atoms with E-state index < -0.39 is 0 Å². The number of carbonyl (C=O) groups excluding carboxylic acids is 1. The Bertz CT molecular complexity index is 376. The molecule has 0 saturated carbocycles. The number of hydrogen-bond donors (Lipinski definition) is 1. The number of aliphatic hydroxyl groups is 1. The van der Waals surface area contributed by atoms with Gasteiger partial charge in [-0.25, -0.2) is 0 Å². The van der Waals surface area contributed by atoms with Crippen LogP contribution in [-0.4, -0.2) is 54.6 Å². The largest absolute Gasteiger partial charge is 0.464 e. The van der Waals surface area contributed by atoms with E-state index in [4.69, 9.17) is 9.52 Å². The number of hydrogen-bond acceptors (Lipinski definition) is 4. The van der Waals surface area contributed by atoms with Gasteiger partial charge in [0.2, 0.25) is 5.91 Å². The Hall–Kier alpha value is -1.33. The van der Waals surface area contributed by atoms with Gasteiger partial charge < -0.3 is 14.4 Å². The number of carbonyl (C=O) groups is 1. The average Bonchev–Trinajstić information content (AvgIpc) is 2.72. The Morgan fingerprint density at radius 2 is 2.11 bits per heavy atom. The van der Waals surface area contributed by atoms with Crippen molar-refractivity contribution in [2.24, 2.45) is 0 Å². The zero-order valence-corrected chi connectivity index (χ0v) is 11.3. The molecule has 0 atom stereocenters. The molecule has 0 saturated heterocycles. The van der Waals surface area contributed by atoms with Gasteiger partial charge in [-0.2, -0.15) is 0 Å². The molecule has 5 nitrogen and oxygen atoms in total. The van der Waals surface area contributed by atoms with Crippen LogP contribution in [0.4, 0.5) is 0 Å². The molecule has 18 heavy (non-hydrogen) atoms. The maximum Gasteiger partial charge on any atom is 0.236 e. The minimum Gasteiger partial charge on any atom is -0.464 e. The van der Waals surface area contributed by atoms with E-state index >= 15 is 0 Å². The van der Waals surface area contributed by atoms with Gasteiger partial charge in [-0.3, -0.25) is 9.69 Å². The third-order valence-corrected chi connectivity index (χ3v) is 2.72. The number of nitrogens with zero attached hydrogens (tertiary/aromatic N) is 2. The highest BCUT2D eigenvalue weighted by Crippen LogP contribution is 2.08. The average molecular weight is 254 g/mol. The Morgan fingerprint density at radius 3 is 2.67 bits per heavy atom. The molecule has 0 bridgehead atoms. The van der Waals surface area contributed by atoms with Crippen molar-refractivity contribution in [1.82, 2.24) is 9.80 Å². The quantitative estimate of drug-likeness (QED) is 0.784. The first-order valence-electron chi connectivity index (χ1n) is 6.11. The molecular formula is C13H22N2O3. The number of rotatable bonds is 7. The van der Waals surface area contributed by atoms with E-state index in [0.29, 0.717) is 19.5 Å². The van der Waals surface area contributed by atoms with E-state index in [2.05, 4.69) is 0 Å². The summed E-state index contributed by atoms with van der Waals surface area (Å²) in [4.78, 5) is 15.5. The van der Waals surface area contributed by atoms with Crippen LogP contribution in [0.2, 0.25) is 0 Å². The number of furan rings is 1. The molecule has 0 aliphatic carbocycles. The van der Waals surface area contributed by atoms with Crippen molar-refractivity contribution in [3.8, 4) is 0 Å². The molecule has 1 aromatic heterocycles. The zero-order chi connectivity index (χ0) is 13.5. The van der Waals surface area contributed by atoms with Crippen molar-refractivity contribution in [3.05, 3.63) is 23.7 Å². The first-order valence-corrected chi connectivity index (χ1v) is 6.11. The van der Waals surface area contributed by atoms with Gasteiger partial charge >= 0.3 is 0 Å². The summed E-state index contributed by atoms with van der Waals surface area (Å²) in [5.74, 6) is 1.69. The van der Waals surface area contributed by atoms with Gasteiger partial charge in [0.1, 0.15) is 11.5 Å². The van der Waals surface area contributed by atoms with Crippen molar-refractivity contribution in [3.63, 3.8) is 0 Å². The zero-order valence-electron chi connectivity index (χ0n) is 11.3. The molecule has 0 aliphatic rings. The van der Waals surface area contributed by atoms with Crippen molar-refractivity contribution >= 4 is 5.91 Å². The van der Waals surface area contributed by atoms with Gasteiger partial charge in [0, 0.05) is 20.2 Å². The Kier molecular flexibility index (Phi) is 5.88. The van der Waals surface area contributed by atoms with Gasteiger partial charge in [-0.1, -0.05) is 0 Å². The van der Waals surface area contributed by atoms with Crippen molar-refractivity contribution in [1.29, 1.82) is 0 Å². The number of likely N-dealkylation sites (N-methyl/N-ethyl adjacent to an activating group) is 2. The highest BCUT2D eigenvalue weighted by molar-refractivity contribution is 5.77. The van der Waals surface area contributed by atoms with Crippen LogP contribution in [0, 0.1) is 6.92 Å². The molecule has 1 aromatic rings. The summed E-state index contributed by atoms with van der Waals surface area (Å²) >= 11 is 0. The molecule has 1 heterocycles. The number of aryl methyl sites for hydroxylation is 1. The van der Waals surface area contributed by atoms with E-state index in [1.807, 2.05) is 31.0 Å². The maximum atomic E-state index is 11.9. The van der Waals surface area contributed by atoms with Crippen LogP contribution in [0.25, 0.3) is 0 Å². The highest BCUT2D eigenvalue weighted by atomic mass is 16.3. The van der Waals surface area contributed by atoms with E-state index in [1.54, 1.807) is 11.9 Å². The summed E-state index contributed by atoms with van der Waals surface area (Å²) in [5, 5.41) is 8.72. The smallest absolute Gasteiger partial charge is 0.236 e. The lowest BCUT2D eigenvalue weighted by Gasteiger charge is -2.20. The van der Waals surface area contributed by atoms with Gasteiger partial charge in [0.25, 0.3) is 0 Å². The Labute approximate surface area is 108 Å². The van der Waals surface area contributed by atoms with Crippen LogP contribution < -0.4 is 0 Å². The molecule has 5 heteroatoms. The number of aliphatic hydroxyl groups excluding tert-OH is 1. The summed E-state index contributed by atoms with van der Waals surface area (Å²) in [6.45, 7) is 3.60. The minimum atomic E-state index is 0.0458. The lowest BCUT2D eigenvalue weighted by atomic mass is 10.3. The second-order valence-corrected chi connectivity index (χ2v) is 4.58. The third kappa shape index (κ3) is 4.89. The van der Waals surface area contributed by atoms with Crippen LogP contribution in [0.15, 0.2) is 16.5 Å². The molecule has 0 unspecified atom stereocenters. The fourth-order valence-corrected chi connectivity index (χ4v) is 1.66. The van der Waals surface area contributed by atoms with E-state index in [-0.39, 0.29) is 12.5 Å². The van der Waals surface area contributed by atoms with Gasteiger partial charge in [0.05, 0.1) is 13.1 Å². The number of amides is 1. The molecule has 0 fully saturated rings. The molecule has 1 N–H and O–H groups in total. The molecule has 1 amide bonds. The predicted molar refractivity (Wildman–Crippen MR) is 69.1 cm³/mol. The fourth-order valence-electron chi connectivity index (χ4n) is 1.66. The first-order chi connectivity index (χ1) is 8.52. The lowest BCUT2D eigenvalue weighted by molar-refractivity contribution is -0.131. The molecule has 102 valence electrons. The summed E-state index contributed by atoms with van der Waals surface area (Å²) < 4.78 is 5.43. The van der Waals surface area contributed by atoms with Crippen LogP contribution in [0.1, 0.15) is 17.9 Å². The summed E-state index contributed by atoms with van der Waals surface area (Å²) in [6, 6.07) is 3.77. The van der Waals surface area contributed by atoms with Crippen LogP contribution in [-0.2, 0) is 11.3 Å². The van der Waals surface area contributed by atoms with E-state index in [0.717, 1.165) is 18.1 Å². The Morgan fingerprint density at radius 1 is 1.39 bits per heavy atom. The molecule has 0 spiro atoms. The lowest BCUT2D eigenvalue weighted by Crippen LogP contribution is -2.36. The molecule has 0 aromatic carbocycles. The van der Waals surface area contributed by atoms with Crippen molar-refractivity contribution in [2.45, 2.75) is 19.9 Å². The summed E-state index contributed by atoms with van der Waals surface area (Å²) in [5.41, 5.74) is 0. The molecule has 1 rings (SSSR count). The second kappa shape index (κ2) is 7.18. The van der Waals surface area contributed by atoms with Crippen LogP contribution in [0.5, 0.6) is 0 Å². The van der Waals surface area contributed by atoms with Gasteiger partial charge in [-0.05, 0) is 32.5 Å². The molecule has 0 aliphatic heterocycles. The maximum absolute atomic E-state index is 11.9. The fraction of sp³-hybridized carbons (Fsp3) is 0.615. The van der Waals surface area contributed by atoms with Gasteiger partial charge in [0.15, 0.2) is 0 Å². The topological polar surface area (TPSA) is 56.9 Å². The predicted octanol–water partition coefficient (Wildman–Crippen LogP) is 0.861. The minimum absolute atomic E-state index is 0.0458. The summed E-state index contributed by atoms with van der Waals surface area (Å²) in [6.07, 6.45) is 0.685. The SMILES string of the molecule is Cc1ccc(CN(C)C(=O)CN(C)CCCO)o1. The monoisotopic (exact) mass is 254 g/mol. The van der Waals surface area contributed by atoms with E-state index in [1.165, 1.54) is 0 Å². The molecule has 0 radical (unpaired) electrons.